The van der Waals surface area contributed by atoms with Crippen molar-refractivity contribution in [2.75, 3.05) is 5.43 Å². The molecule has 0 atom stereocenters. The van der Waals surface area contributed by atoms with E-state index in [0.29, 0.717) is 0 Å². The van der Waals surface area contributed by atoms with Crippen LogP contribution in [-0.4, -0.2) is 11.4 Å². The molecule has 0 saturated carbocycles. The van der Waals surface area contributed by atoms with Crippen LogP contribution in [0, 0.1) is 13.8 Å². The number of hydrogen-bond donors (Lipinski definition) is 1. The van der Waals surface area contributed by atoms with Gasteiger partial charge in [-0.3, -0.25) is 5.43 Å². The topological polar surface area (TPSA) is 50.4 Å². The van der Waals surface area contributed by atoms with Crippen molar-refractivity contribution in [1.82, 2.24) is 5.16 Å². The van der Waals surface area contributed by atoms with Crippen molar-refractivity contribution in [3.8, 4) is 11.1 Å². The van der Waals surface area contributed by atoms with Crippen LogP contribution >= 0.6 is 0 Å². The molecule has 0 unspecified atom stereocenters. The Balaban J connectivity index is 1.80. The molecule has 0 radical (unpaired) electrons. The predicted molar refractivity (Wildman–Crippen MR) is 89.1 cm³/mol. The number of para-hydroxylation sites is 1. The Hall–Kier alpha value is -2.88. The van der Waals surface area contributed by atoms with E-state index in [2.05, 4.69) is 27.8 Å². The lowest BCUT2D eigenvalue weighted by Gasteiger charge is -2.02. The van der Waals surface area contributed by atoms with Gasteiger partial charge in [-0.1, -0.05) is 41.6 Å². The monoisotopic (exact) mass is 291 g/mol. The van der Waals surface area contributed by atoms with Crippen molar-refractivity contribution in [3.63, 3.8) is 0 Å². The first-order valence-corrected chi connectivity index (χ1v) is 7.11. The third-order valence-electron chi connectivity index (χ3n) is 3.39. The summed E-state index contributed by atoms with van der Waals surface area (Å²) in [4.78, 5) is 0. The van der Waals surface area contributed by atoms with E-state index in [0.717, 1.165) is 33.8 Å². The highest BCUT2D eigenvalue weighted by atomic mass is 16.5. The van der Waals surface area contributed by atoms with Gasteiger partial charge in [-0.2, -0.15) is 5.10 Å². The van der Waals surface area contributed by atoms with E-state index >= 15 is 0 Å². The van der Waals surface area contributed by atoms with E-state index < -0.39 is 0 Å². The van der Waals surface area contributed by atoms with Crippen LogP contribution in [0.5, 0.6) is 0 Å². The first-order valence-electron chi connectivity index (χ1n) is 7.11. The van der Waals surface area contributed by atoms with Crippen molar-refractivity contribution in [2.45, 2.75) is 13.8 Å². The summed E-state index contributed by atoms with van der Waals surface area (Å²) < 4.78 is 5.23. The maximum absolute atomic E-state index is 5.23. The molecule has 0 bridgehead atoms. The molecule has 4 heteroatoms. The van der Waals surface area contributed by atoms with Gasteiger partial charge in [0.05, 0.1) is 17.6 Å². The van der Waals surface area contributed by atoms with Gasteiger partial charge in [-0.25, -0.2) is 0 Å². The van der Waals surface area contributed by atoms with E-state index in [-0.39, 0.29) is 0 Å². The number of benzene rings is 2. The quantitative estimate of drug-likeness (QED) is 0.572. The fourth-order valence-electron chi connectivity index (χ4n) is 2.36. The summed E-state index contributed by atoms with van der Waals surface area (Å²) in [7, 11) is 0. The van der Waals surface area contributed by atoms with Crippen molar-refractivity contribution in [2.24, 2.45) is 5.10 Å². The molecular weight excluding hydrogens is 274 g/mol. The summed E-state index contributed by atoms with van der Waals surface area (Å²) in [5.41, 5.74) is 8.01. The molecule has 4 nitrogen and oxygen atoms in total. The lowest BCUT2D eigenvalue weighted by atomic mass is 10.0. The predicted octanol–water partition coefficient (Wildman–Crippen LogP) is 4.40. The highest BCUT2D eigenvalue weighted by Crippen LogP contribution is 2.27. The molecule has 1 aromatic heterocycles. The minimum absolute atomic E-state index is 0.828. The summed E-state index contributed by atoms with van der Waals surface area (Å²) in [6.45, 7) is 3.87. The Kier molecular flexibility index (Phi) is 4.01. The summed E-state index contributed by atoms with van der Waals surface area (Å²) in [6.07, 6.45) is 1.80. The van der Waals surface area contributed by atoms with Crippen molar-refractivity contribution in [3.05, 3.63) is 71.6 Å². The van der Waals surface area contributed by atoms with Crippen LogP contribution in [-0.2, 0) is 0 Å². The second kappa shape index (κ2) is 6.26. The second-order valence-corrected chi connectivity index (χ2v) is 5.06. The number of rotatable bonds is 4. The molecule has 1 N–H and O–H groups in total. The summed E-state index contributed by atoms with van der Waals surface area (Å²) in [5, 5.41) is 8.27. The normalized spacial score (nSPS) is 11.0. The second-order valence-electron chi connectivity index (χ2n) is 5.06. The number of nitrogens with one attached hydrogen (secondary N) is 1. The van der Waals surface area contributed by atoms with Gasteiger partial charge in [-0.15, -0.1) is 0 Å². The number of hydrazone groups is 1. The molecule has 0 spiro atoms. The van der Waals surface area contributed by atoms with Crippen molar-refractivity contribution in [1.29, 1.82) is 0 Å². The molecule has 0 fully saturated rings. The molecule has 0 saturated heterocycles. The van der Waals surface area contributed by atoms with Gasteiger partial charge in [0.2, 0.25) is 0 Å². The molecule has 110 valence electrons. The highest BCUT2D eigenvalue weighted by molar-refractivity contribution is 5.83. The molecule has 0 amide bonds. The standard InChI is InChI=1S/C18H17N3O/c1-13-18(14(2)22-21-13)16-8-6-7-15(11-16)12-19-20-17-9-4-3-5-10-17/h3-12,20H,1-2H3. The Morgan fingerprint density at radius 2 is 1.86 bits per heavy atom. The average molecular weight is 291 g/mol. The summed E-state index contributed by atoms with van der Waals surface area (Å²) >= 11 is 0. The molecule has 1 heterocycles. The Bertz CT molecular complexity index is 772. The number of hydrogen-bond acceptors (Lipinski definition) is 4. The Labute approximate surface area is 129 Å². The minimum atomic E-state index is 0.828. The average Bonchev–Trinajstić information content (AvgIpc) is 2.88. The van der Waals surface area contributed by atoms with Gasteiger partial charge in [0.25, 0.3) is 0 Å². The molecule has 3 aromatic rings. The van der Waals surface area contributed by atoms with Crippen LogP contribution in [0.3, 0.4) is 0 Å². The van der Waals surface area contributed by atoms with Gasteiger partial charge in [0, 0.05) is 5.56 Å². The van der Waals surface area contributed by atoms with Crippen LogP contribution in [0.4, 0.5) is 5.69 Å². The molecule has 2 aromatic carbocycles. The third kappa shape index (κ3) is 3.06. The SMILES string of the molecule is Cc1noc(C)c1-c1cccc(C=NNc2ccccc2)c1. The van der Waals surface area contributed by atoms with Gasteiger partial charge in [0.15, 0.2) is 0 Å². The number of anilines is 1. The molecule has 0 aliphatic heterocycles. The smallest absolute Gasteiger partial charge is 0.141 e. The first-order chi connectivity index (χ1) is 10.7. The highest BCUT2D eigenvalue weighted by Gasteiger charge is 2.11. The number of aromatic nitrogens is 1. The van der Waals surface area contributed by atoms with Crippen molar-refractivity contribution < 1.29 is 4.52 Å². The largest absolute Gasteiger partial charge is 0.361 e. The van der Waals surface area contributed by atoms with E-state index in [4.69, 9.17) is 4.52 Å². The third-order valence-corrected chi connectivity index (χ3v) is 3.39. The number of aryl methyl sites for hydroxylation is 2. The molecule has 0 aliphatic rings. The van der Waals surface area contributed by atoms with Crippen LogP contribution in [0.25, 0.3) is 11.1 Å². The van der Waals surface area contributed by atoms with E-state index in [1.807, 2.05) is 56.3 Å². The molecule has 22 heavy (non-hydrogen) atoms. The van der Waals surface area contributed by atoms with Crippen LogP contribution in [0.15, 0.2) is 64.2 Å². The number of nitrogens with zero attached hydrogens (tertiary/aromatic N) is 2. The van der Waals surface area contributed by atoms with Crippen LogP contribution in [0.2, 0.25) is 0 Å². The first kappa shape index (κ1) is 14.1. The van der Waals surface area contributed by atoms with Crippen molar-refractivity contribution >= 4 is 11.9 Å². The van der Waals surface area contributed by atoms with E-state index in [1.54, 1.807) is 6.21 Å². The van der Waals surface area contributed by atoms with Gasteiger partial charge in [0.1, 0.15) is 5.76 Å². The minimum Gasteiger partial charge on any atom is -0.361 e. The lowest BCUT2D eigenvalue weighted by Crippen LogP contribution is -1.91. The van der Waals surface area contributed by atoms with Crippen LogP contribution < -0.4 is 5.43 Å². The lowest BCUT2D eigenvalue weighted by molar-refractivity contribution is 0.393. The van der Waals surface area contributed by atoms with Gasteiger partial charge >= 0.3 is 0 Å². The van der Waals surface area contributed by atoms with Gasteiger partial charge < -0.3 is 4.52 Å². The fraction of sp³-hybridized carbons (Fsp3) is 0.111. The molecular formula is C18H17N3O. The Morgan fingerprint density at radius 1 is 1.05 bits per heavy atom. The fourth-order valence-corrected chi connectivity index (χ4v) is 2.36. The zero-order chi connectivity index (χ0) is 15.4. The zero-order valence-corrected chi connectivity index (χ0v) is 12.6. The summed E-state index contributed by atoms with van der Waals surface area (Å²) in [5.74, 6) is 0.828. The van der Waals surface area contributed by atoms with E-state index in [1.165, 1.54) is 0 Å². The maximum Gasteiger partial charge on any atom is 0.141 e. The van der Waals surface area contributed by atoms with E-state index in [9.17, 15) is 0 Å². The zero-order valence-electron chi connectivity index (χ0n) is 12.6. The summed E-state index contributed by atoms with van der Waals surface area (Å²) in [6, 6.07) is 18.0. The Morgan fingerprint density at radius 3 is 2.59 bits per heavy atom. The maximum atomic E-state index is 5.23. The van der Waals surface area contributed by atoms with Crippen LogP contribution in [0.1, 0.15) is 17.0 Å². The van der Waals surface area contributed by atoms with Gasteiger partial charge in [-0.05, 0) is 43.2 Å². The molecule has 0 aliphatic carbocycles. The molecule has 3 rings (SSSR count).